The van der Waals surface area contributed by atoms with Gasteiger partial charge in [-0.05, 0) is 61.1 Å². The van der Waals surface area contributed by atoms with Crippen LogP contribution in [0, 0.1) is 27.7 Å². The van der Waals surface area contributed by atoms with E-state index in [1.165, 1.54) is 11.1 Å². The monoisotopic (exact) mass is 668 g/mol. The Morgan fingerprint density at radius 1 is 0.674 bits per heavy atom. The summed E-state index contributed by atoms with van der Waals surface area (Å²) in [4.78, 5) is 0. The molecule has 4 atom stereocenters. The summed E-state index contributed by atoms with van der Waals surface area (Å²) in [6, 6.07) is 8.76. The summed E-state index contributed by atoms with van der Waals surface area (Å²) in [5, 5.41) is 24.2. The standard InChI is InChI=1S/C33H48O6S4/c1-21-7-25(8-22(2)31(21)38-13-27(34)11-36-15-29-17-40-19-42-29)33(5,6)26-9-23(3)32(24(4)10-26)39-14-28(35)12-37-16-30-18-41-20-43-30/h7-10,27-30,34-35H,11-20H2,1-6H3. The van der Waals surface area contributed by atoms with Gasteiger partial charge in [0.05, 0.1) is 26.4 Å². The van der Waals surface area contributed by atoms with Gasteiger partial charge in [-0.25, -0.2) is 0 Å². The van der Waals surface area contributed by atoms with Gasteiger partial charge in [-0.15, -0.1) is 47.0 Å². The fourth-order valence-electron chi connectivity index (χ4n) is 5.31. The molecule has 2 aliphatic heterocycles. The summed E-state index contributed by atoms with van der Waals surface area (Å²) in [6.45, 7) is 15.1. The highest BCUT2D eigenvalue weighted by molar-refractivity contribution is 8.19. The number of thioether (sulfide) groups is 4. The van der Waals surface area contributed by atoms with Crippen molar-refractivity contribution >= 4 is 47.0 Å². The first-order valence-electron chi connectivity index (χ1n) is 14.9. The van der Waals surface area contributed by atoms with Crippen LogP contribution in [0.15, 0.2) is 24.3 Å². The second kappa shape index (κ2) is 16.7. The minimum Gasteiger partial charge on any atom is -0.490 e. The molecule has 0 bridgehead atoms. The summed E-state index contributed by atoms with van der Waals surface area (Å²) in [7, 11) is 0. The SMILES string of the molecule is Cc1cc(C(C)(C)c2cc(C)c(OCC(O)COCC3CSCS3)c(C)c2)cc(C)c1OCC(O)COCC1CSCS1. The van der Waals surface area contributed by atoms with E-state index in [4.69, 9.17) is 18.9 Å². The number of aryl methyl sites for hydroxylation is 4. The zero-order valence-corrected chi connectivity index (χ0v) is 29.6. The van der Waals surface area contributed by atoms with Crippen LogP contribution in [0.1, 0.15) is 47.2 Å². The van der Waals surface area contributed by atoms with Gasteiger partial charge in [0.25, 0.3) is 0 Å². The van der Waals surface area contributed by atoms with Crippen LogP contribution in [-0.2, 0) is 14.9 Å². The average Bonchev–Trinajstić information content (AvgIpc) is 3.67. The van der Waals surface area contributed by atoms with Gasteiger partial charge >= 0.3 is 0 Å². The van der Waals surface area contributed by atoms with Crippen molar-refractivity contribution in [1.82, 2.24) is 0 Å². The molecule has 0 amide bonds. The first-order valence-corrected chi connectivity index (χ1v) is 19.3. The lowest BCUT2D eigenvalue weighted by Crippen LogP contribution is -2.26. The molecular weight excluding hydrogens is 621 g/mol. The summed E-state index contributed by atoms with van der Waals surface area (Å²) in [5.41, 5.74) is 6.33. The zero-order valence-electron chi connectivity index (χ0n) is 26.4. The Bertz CT molecular complexity index is 1040. The van der Waals surface area contributed by atoms with Crippen molar-refractivity contribution in [2.45, 2.75) is 69.7 Å². The third-order valence-corrected chi connectivity index (χ3v) is 13.5. The number of rotatable bonds is 16. The molecule has 0 aromatic heterocycles. The largest absolute Gasteiger partial charge is 0.490 e. The van der Waals surface area contributed by atoms with Crippen molar-refractivity contribution in [1.29, 1.82) is 0 Å². The second-order valence-electron chi connectivity index (χ2n) is 12.1. The van der Waals surface area contributed by atoms with E-state index in [0.717, 1.165) is 55.4 Å². The van der Waals surface area contributed by atoms with E-state index < -0.39 is 12.2 Å². The van der Waals surface area contributed by atoms with Crippen LogP contribution >= 0.6 is 47.0 Å². The lowest BCUT2D eigenvalue weighted by Gasteiger charge is -2.29. The van der Waals surface area contributed by atoms with E-state index in [1.54, 1.807) is 0 Å². The average molecular weight is 669 g/mol. The topological polar surface area (TPSA) is 77.4 Å². The van der Waals surface area contributed by atoms with E-state index in [1.807, 2.05) is 47.0 Å². The predicted molar refractivity (Wildman–Crippen MR) is 186 cm³/mol. The van der Waals surface area contributed by atoms with Crippen LogP contribution in [0.4, 0.5) is 0 Å². The molecule has 2 saturated heterocycles. The van der Waals surface area contributed by atoms with E-state index in [2.05, 4.69) is 65.8 Å². The van der Waals surface area contributed by atoms with Crippen LogP contribution in [0.3, 0.4) is 0 Å². The highest BCUT2D eigenvalue weighted by Gasteiger charge is 2.27. The summed E-state index contributed by atoms with van der Waals surface area (Å²) in [5.74, 6) is 3.88. The summed E-state index contributed by atoms with van der Waals surface area (Å²) >= 11 is 7.73. The third-order valence-electron chi connectivity index (χ3n) is 7.81. The Morgan fingerprint density at radius 2 is 1.05 bits per heavy atom. The highest BCUT2D eigenvalue weighted by Crippen LogP contribution is 2.39. The normalized spacial score (nSPS) is 20.4. The first-order chi connectivity index (χ1) is 20.5. The van der Waals surface area contributed by atoms with Gasteiger partial charge in [0.15, 0.2) is 0 Å². The van der Waals surface area contributed by atoms with Crippen molar-refractivity contribution in [3.8, 4) is 11.5 Å². The highest BCUT2D eigenvalue weighted by atomic mass is 32.2. The van der Waals surface area contributed by atoms with E-state index in [0.29, 0.717) is 23.7 Å². The van der Waals surface area contributed by atoms with Gasteiger partial charge in [-0.2, -0.15) is 0 Å². The molecule has 6 nitrogen and oxygen atoms in total. The smallest absolute Gasteiger partial charge is 0.125 e. The molecule has 0 radical (unpaired) electrons. The fraction of sp³-hybridized carbons (Fsp3) is 0.636. The Morgan fingerprint density at radius 3 is 1.37 bits per heavy atom. The molecule has 2 fully saturated rings. The minimum atomic E-state index is -0.662. The summed E-state index contributed by atoms with van der Waals surface area (Å²) < 4.78 is 23.6. The first kappa shape index (κ1) is 35.1. The number of benzene rings is 2. The van der Waals surface area contributed by atoms with E-state index in [-0.39, 0.29) is 31.8 Å². The van der Waals surface area contributed by atoms with Crippen molar-refractivity contribution in [3.63, 3.8) is 0 Å². The molecule has 43 heavy (non-hydrogen) atoms. The van der Waals surface area contributed by atoms with Gasteiger partial charge in [-0.3, -0.25) is 0 Å². The van der Waals surface area contributed by atoms with Gasteiger partial charge in [-0.1, -0.05) is 38.1 Å². The molecule has 2 aromatic rings. The summed E-state index contributed by atoms with van der Waals surface area (Å²) in [6.07, 6.45) is -1.32. The second-order valence-corrected chi connectivity index (χ2v) is 17.4. The van der Waals surface area contributed by atoms with Crippen molar-refractivity contribution < 1.29 is 29.2 Å². The fourth-order valence-corrected chi connectivity index (χ4v) is 10.8. The van der Waals surface area contributed by atoms with Gasteiger partial charge in [0, 0.05) is 37.6 Å². The Labute approximate surface area is 275 Å². The molecule has 10 heteroatoms. The van der Waals surface area contributed by atoms with Crippen molar-refractivity contribution in [2.24, 2.45) is 0 Å². The zero-order chi connectivity index (χ0) is 31.0. The number of aliphatic hydroxyl groups excluding tert-OH is 2. The maximum absolute atomic E-state index is 10.4. The molecule has 4 rings (SSSR count). The quantitative estimate of drug-likeness (QED) is 0.211. The molecule has 0 spiro atoms. The maximum Gasteiger partial charge on any atom is 0.125 e. The molecule has 0 aliphatic carbocycles. The van der Waals surface area contributed by atoms with Crippen LogP contribution in [-0.4, -0.2) is 94.2 Å². The Kier molecular flexibility index (Phi) is 13.7. The molecule has 2 aromatic carbocycles. The van der Waals surface area contributed by atoms with E-state index in [9.17, 15) is 10.2 Å². The van der Waals surface area contributed by atoms with Crippen LogP contribution in [0.5, 0.6) is 11.5 Å². The number of hydrogen-bond donors (Lipinski definition) is 2. The molecule has 0 saturated carbocycles. The van der Waals surface area contributed by atoms with Crippen molar-refractivity contribution in [3.05, 3.63) is 57.6 Å². The van der Waals surface area contributed by atoms with Crippen LogP contribution in [0.2, 0.25) is 0 Å². The van der Waals surface area contributed by atoms with Crippen molar-refractivity contribution in [2.75, 3.05) is 61.3 Å². The minimum absolute atomic E-state index is 0.205. The predicted octanol–water partition coefficient (Wildman–Crippen LogP) is 6.37. The molecule has 4 unspecified atom stereocenters. The number of aliphatic hydroxyl groups is 2. The van der Waals surface area contributed by atoms with Gasteiger partial charge in [0.2, 0.25) is 0 Å². The third kappa shape index (κ3) is 10.1. The maximum atomic E-state index is 10.4. The van der Waals surface area contributed by atoms with Crippen LogP contribution < -0.4 is 9.47 Å². The lowest BCUT2D eigenvalue weighted by molar-refractivity contribution is 0.0134. The van der Waals surface area contributed by atoms with Gasteiger partial charge in [0.1, 0.15) is 36.9 Å². The molecule has 2 aliphatic rings. The van der Waals surface area contributed by atoms with E-state index >= 15 is 0 Å². The van der Waals surface area contributed by atoms with Crippen LogP contribution in [0.25, 0.3) is 0 Å². The molecular formula is C33H48O6S4. The van der Waals surface area contributed by atoms with Gasteiger partial charge < -0.3 is 29.2 Å². The molecule has 240 valence electrons. The Hall–Kier alpha value is -0.720. The molecule has 2 heterocycles. The number of ether oxygens (including phenoxy) is 4. The Balaban J connectivity index is 1.32. The lowest BCUT2D eigenvalue weighted by atomic mass is 9.76. The molecule has 2 N–H and O–H groups in total. The number of hydrogen-bond acceptors (Lipinski definition) is 10.